The highest BCUT2D eigenvalue weighted by molar-refractivity contribution is 5.66. The summed E-state index contributed by atoms with van der Waals surface area (Å²) in [6.07, 6.45) is 2.63. The molecule has 1 N–H and O–H groups in total. The Bertz CT molecular complexity index is 590. The van der Waals surface area contributed by atoms with Crippen LogP contribution in [0.4, 0.5) is 11.4 Å². The molecule has 2 aromatic carbocycles. The molecular formula is C18H22N2O. The standard InChI is InChI=1S/C18H22N2O/c1-20(16-9-11-17(21-2)12-10-16)18-6-4-3-5-14(18)13-19-15-7-8-15/h3-6,9-12,15,19H,7-8,13H2,1-2H3. The Morgan fingerprint density at radius 3 is 2.48 bits per heavy atom. The molecule has 2 aromatic rings. The molecule has 0 radical (unpaired) electrons. The van der Waals surface area contributed by atoms with Gasteiger partial charge < -0.3 is 15.0 Å². The van der Waals surface area contributed by atoms with Crippen LogP contribution in [0.2, 0.25) is 0 Å². The number of hydrogen-bond acceptors (Lipinski definition) is 3. The van der Waals surface area contributed by atoms with Crippen LogP contribution in [0.25, 0.3) is 0 Å². The van der Waals surface area contributed by atoms with Crippen LogP contribution >= 0.6 is 0 Å². The molecule has 1 aliphatic carbocycles. The van der Waals surface area contributed by atoms with Gasteiger partial charge in [-0.3, -0.25) is 0 Å². The lowest BCUT2D eigenvalue weighted by Gasteiger charge is -2.23. The van der Waals surface area contributed by atoms with Gasteiger partial charge in [-0.25, -0.2) is 0 Å². The van der Waals surface area contributed by atoms with Crippen LogP contribution < -0.4 is 15.0 Å². The average molecular weight is 282 g/mol. The number of anilines is 2. The van der Waals surface area contributed by atoms with Crippen molar-refractivity contribution in [3.63, 3.8) is 0 Å². The zero-order valence-corrected chi connectivity index (χ0v) is 12.7. The quantitative estimate of drug-likeness (QED) is 0.874. The summed E-state index contributed by atoms with van der Waals surface area (Å²) in [7, 11) is 3.80. The van der Waals surface area contributed by atoms with E-state index in [0.29, 0.717) is 0 Å². The molecule has 1 saturated carbocycles. The van der Waals surface area contributed by atoms with Crippen molar-refractivity contribution in [3.8, 4) is 5.75 Å². The Labute approximate surface area is 126 Å². The lowest BCUT2D eigenvalue weighted by atomic mass is 10.1. The lowest BCUT2D eigenvalue weighted by molar-refractivity contribution is 0.415. The predicted octanol–water partition coefficient (Wildman–Crippen LogP) is 3.72. The number of para-hydroxylation sites is 1. The van der Waals surface area contributed by atoms with E-state index in [4.69, 9.17) is 4.74 Å². The van der Waals surface area contributed by atoms with Gasteiger partial charge in [0.2, 0.25) is 0 Å². The fraction of sp³-hybridized carbons (Fsp3) is 0.333. The van der Waals surface area contributed by atoms with Crippen LogP contribution in [0.1, 0.15) is 18.4 Å². The summed E-state index contributed by atoms with van der Waals surface area (Å²) in [6, 6.07) is 17.5. The normalized spacial score (nSPS) is 14.0. The van der Waals surface area contributed by atoms with E-state index < -0.39 is 0 Å². The van der Waals surface area contributed by atoms with Crippen molar-refractivity contribution in [2.45, 2.75) is 25.4 Å². The van der Waals surface area contributed by atoms with Crippen molar-refractivity contribution in [2.24, 2.45) is 0 Å². The molecule has 0 amide bonds. The summed E-state index contributed by atoms with van der Waals surface area (Å²) in [5.74, 6) is 0.885. The van der Waals surface area contributed by atoms with Gasteiger partial charge in [0, 0.05) is 31.0 Å². The largest absolute Gasteiger partial charge is 0.497 e. The molecule has 110 valence electrons. The summed E-state index contributed by atoms with van der Waals surface area (Å²) in [5.41, 5.74) is 3.74. The third-order valence-corrected chi connectivity index (χ3v) is 3.97. The summed E-state index contributed by atoms with van der Waals surface area (Å²) in [6.45, 7) is 0.932. The lowest BCUT2D eigenvalue weighted by Crippen LogP contribution is -2.18. The molecule has 0 unspecified atom stereocenters. The predicted molar refractivity (Wildman–Crippen MR) is 87.4 cm³/mol. The minimum atomic E-state index is 0.726. The van der Waals surface area contributed by atoms with Crippen LogP contribution in [0.15, 0.2) is 48.5 Å². The molecule has 3 rings (SSSR count). The molecule has 3 nitrogen and oxygen atoms in total. The number of methoxy groups -OCH3 is 1. The molecule has 21 heavy (non-hydrogen) atoms. The maximum atomic E-state index is 5.22. The molecule has 0 aromatic heterocycles. The van der Waals surface area contributed by atoms with Crippen molar-refractivity contribution in [3.05, 3.63) is 54.1 Å². The fourth-order valence-corrected chi connectivity index (χ4v) is 2.47. The summed E-state index contributed by atoms with van der Waals surface area (Å²) >= 11 is 0. The van der Waals surface area contributed by atoms with Gasteiger partial charge in [0.1, 0.15) is 5.75 Å². The molecule has 0 saturated heterocycles. The monoisotopic (exact) mass is 282 g/mol. The fourth-order valence-electron chi connectivity index (χ4n) is 2.47. The summed E-state index contributed by atoms with van der Waals surface area (Å²) in [5, 5.41) is 3.59. The number of hydrogen-bond donors (Lipinski definition) is 1. The molecule has 0 heterocycles. The van der Waals surface area contributed by atoms with E-state index in [9.17, 15) is 0 Å². The number of ether oxygens (including phenoxy) is 1. The van der Waals surface area contributed by atoms with Crippen molar-refractivity contribution < 1.29 is 4.74 Å². The van der Waals surface area contributed by atoms with Gasteiger partial charge >= 0.3 is 0 Å². The van der Waals surface area contributed by atoms with Crippen molar-refractivity contribution >= 4 is 11.4 Å². The van der Waals surface area contributed by atoms with Gasteiger partial charge in [-0.05, 0) is 48.7 Å². The van der Waals surface area contributed by atoms with E-state index in [1.165, 1.54) is 24.1 Å². The second-order valence-corrected chi connectivity index (χ2v) is 5.54. The number of nitrogens with one attached hydrogen (secondary N) is 1. The minimum absolute atomic E-state index is 0.726. The topological polar surface area (TPSA) is 24.5 Å². The van der Waals surface area contributed by atoms with Gasteiger partial charge in [0.25, 0.3) is 0 Å². The van der Waals surface area contributed by atoms with E-state index in [-0.39, 0.29) is 0 Å². The molecule has 1 aliphatic rings. The highest BCUT2D eigenvalue weighted by Gasteiger charge is 2.20. The van der Waals surface area contributed by atoms with E-state index in [1.54, 1.807) is 7.11 Å². The Hall–Kier alpha value is -2.00. The first kappa shape index (κ1) is 14.0. The maximum absolute atomic E-state index is 5.22. The van der Waals surface area contributed by atoms with E-state index in [0.717, 1.165) is 24.0 Å². The van der Waals surface area contributed by atoms with E-state index >= 15 is 0 Å². The Morgan fingerprint density at radius 2 is 1.81 bits per heavy atom. The third kappa shape index (κ3) is 3.37. The van der Waals surface area contributed by atoms with Crippen molar-refractivity contribution in [1.29, 1.82) is 0 Å². The second kappa shape index (κ2) is 6.19. The van der Waals surface area contributed by atoms with Gasteiger partial charge in [-0.2, -0.15) is 0 Å². The minimum Gasteiger partial charge on any atom is -0.497 e. The maximum Gasteiger partial charge on any atom is 0.119 e. The Kier molecular flexibility index (Phi) is 4.11. The average Bonchev–Trinajstić information content (AvgIpc) is 3.37. The zero-order chi connectivity index (χ0) is 14.7. The number of nitrogens with zero attached hydrogens (tertiary/aromatic N) is 1. The van der Waals surface area contributed by atoms with Crippen molar-refractivity contribution in [1.82, 2.24) is 5.32 Å². The molecule has 3 heteroatoms. The Morgan fingerprint density at radius 1 is 1.10 bits per heavy atom. The smallest absolute Gasteiger partial charge is 0.119 e. The molecule has 0 spiro atoms. The summed E-state index contributed by atoms with van der Waals surface area (Å²) < 4.78 is 5.22. The molecule has 0 aliphatic heterocycles. The first-order chi connectivity index (χ1) is 10.3. The van der Waals surface area contributed by atoms with Crippen LogP contribution in [0, 0.1) is 0 Å². The third-order valence-electron chi connectivity index (χ3n) is 3.97. The number of benzene rings is 2. The second-order valence-electron chi connectivity index (χ2n) is 5.54. The molecular weight excluding hydrogens is 260 g/mol. The van der Waals surface area contributed by atoms with Gasteiger partial charge in [-0.1, -0.05) is 18.2 Å². The van der Waals surface area contributed by atoms with Crippen molar-refractivity contribution in [2.75, 3.05) is 19.1 Å². The first-order valence-corrected chi connectivity index (χ1v) is 7.47. The van der Waals surface area contributed by atoms with Gasteiger partial charge in [-0.15, -0.1) is 0 Å². The molecule has 0 bridgehead atoms. The van der Waals surface area contributed by atoms with Gasteiger partial charge in [0.15, 0.2) is 0 Å². The van der Waals surface area contributed by atoms with Crippen LogP contribution in [-0.2, 0) is 6.54 Å². The molecule has 1 fully saturated rings. The number of rotatable bonds is 6. The SMILES string of the molecule is COc1ccc(N(C)c2ccccc2CNC2CC2)cc1. The Balaban J connectivity index is 1.80. The van der Waals surface area contributed by atoms with Crippen LogP contribution in [-0.4, -0.2) is 20.2 Å². The molecule has 0 atom stereocenters. The van der Waals surface area contributed by atoms with Gasteiger partial charge in [0.05, 0.1) is 7.11 Å². The first-order valence-electron chi connectivity index (χ1n) is 7.47. The van der Waals surface area contributed by atoms with Crippen LogP contribution in [0.5, 0.6) is 5.75 Å². The van der Waals surface area contributed by atoms with Crippen LogP contribution in [0.3, 0.4) is 0 Å². The highest BCUT2D eigenvalue weighted by atomic mass is 16.5. The zero-order valence-electron chi connectivity index (χ0n) is 12.7. The highest BCUT2D eigenvalue weighted by Crippen LogP contribution is 2.29. The summed E-state index contributed by atoms with van der Waals surface area (Å²) in [4.78, 5) is 2.23. The van der Waals surface area contributed by atoms with E-state index in [1.807, 2.05) is 12.1 Å². The van der Waals surface area contributed by atoms with E-state index in [2.05, 4.69) is 53.7 Å².